The molecule has 0 saturated heterocycles. The van der Waals surface area contributed by atoms with Crippen molar-refractivity contribution in [2.75, 3.05) is 0 Å². The van der Waals surface area contributed by atoms with Crippen LogP contribution in [0.1, 0.15) is 52.0 Å². The minimum Gasteiger partial charge on any atom is -0.490 e. The number of alkyl halides is 1. The normalized spacial score (nSPS) is 12.7. The predicted molar refractivity (Wildman–Crippen MR) is 87.6 cm³/mol. The molecule has 1 atom stereocenters. The molecule has 0 radical (unpaired) electrons. The fraction of sp³-hybridized carbons (Fsp3) is 0.625. The molecule has 1 aromatic rings. The van der Waals surface area contributed by atoms with Crippen LogP contribution >= 0.6 is 22.6 Å². The number of hydrogen-bond donors (Lipinski definition) is 0. The third kappa shape index (κ3) is 6.07. The Labute approximate surface area is 125 Å². The minimum atomic E-state index is 0.371. The summed E-state index contributed by atoms with van der Waals surface area (Å²) in [5.41, 5.74) is 1.36. The van der Waals surface area contributed by atoms with Gasteiger partial charge in [-0.25, -0.2) is 0 Å². The summed E-state index contributed by atoms with van der Waals surface area (Å²) >= 11 is 2.38. The van der Waals surface area contributed by atoms with Crippen LogP contribution in [-0.4, -0.2) is 6.10 Å². The number of unbranched alkanes of at least 4 members (excludes halogenated alkanes) is 1. The average Bonchev–Trinajstić information content (AvgIpc) is 2.36. The lowest BCUT2D eigenvalue weighted by atomic mass is 10.0. The topological polar surface area (TPSA) is 9.23 Å². The van der Waals surface area contributed by atoms with Gasteiger partial charge in [-0.3, -0.25) is 0 Å². The van der Waals surface area contributed by atoms with E-state index < -0.39 is 0 Å². The van der Waals surface area contributed by atoms with Crippen molar-refractivity contribution >= 4 is 22.6 Å². The first-order chi connectivity index (χ1) is 8.65. The van der Waals surface area contributed by atoms with E-state index in [1.807, 2.05) is 0 Å². The van der Waals surface area contributed by atoms with E-state index in [1.165, 1.54) is 24.8 Å². The molecule has 0 fully saturated rings. The lowest BCUT2D eigenvalue weighted by molar-refractivity contribution is 0.161. The van der Waals surface area contributed by atoms with Gasteiger partial charge in [0.25, 0.3) is 0 Å². The highest BCUT2D eigenvalue weighted by Gasteiger charge is 2.12. The molecule has 0 aromatic heterocycles. The zero-order valence-electron chi connectivity index (χ0n) is 11.8. The molecule has 1 aromatic carbocycles. The number of hydrogen-bond acceptors (Lipinski definition) is 1. The van der Waals surface area contributed by atoms with Gasteiger partial charge in [-0.15, -0.1) is 0 Å². The van der Waals surface area contributed by atoms with E-state index in [-0.39, 0.29) is 0 Å². The number of benzene rings is 1. The van der Waals surface area contributed by atoms with E-state index in [2.05, 4.69) is 67.6 Å². The summed E-state index contributed by atoms with van der Waals surface area (Å²) in [7, 11) is 0. The van der Waals surface area contributed by atoms with Crippen LogP contribution in [0.3, 0.4) is 0 Å². The molecule has 0 aliphatic rings. The van der Waals surface area contributed by atoms with Gasteiger partial charge < -0.3 is 4.74 Å². The largest absolute Gasteiger partial charge is 0.490 e. The molecule has 102 valence electrons. The highest BCUT2D eigenvalue weighted by Crippen LogP contribution is 2.21. The average molecular weight is 360 g/mol. The van der Waals surface area contributed by atoms with Crippen LogP contribution in [0, 0.1) is 5.92 Å². The maximum atomic E-state index is 6.12. The van der Waals surface area contributed by atoms with Gasteiger partial charge >= 0.3 is 0 Å². The van der Waals surface area contributed by atoms with Crippen LogP contribution < -0.4 is 4.74 Å². The van der Waals surface area contributed by atoms with Crippen LogP contribution in [-0.2, 0) is 4.43 Å². The smallest absolute Gasteiger partial charge is 0.119 e. The van der Waals surface area contributed by atoms with Crippen molar-refractivity contribution in [1.82, 2.24) is 0 Å². The lowest BCUT2D eigenvalue weighted by Gasteiger charge is -2.21. The summed E-state index contributed by atoms with van der Waals surface area (Å²) < 4.78 is 7.18. The van der Waals surface area contributed by atoms with Gasteiger partial charge in [-0.1, -0.05) is 68.3 Å². The lowest BCUT2D eigenvalue weighted by Crippen LogP contribution is -2.18. The summed E-state index contributed by atoms with van der Waals surface area (Å²) in [5.74, 6) is 1.71. The van der Waals surface area contributed by atoms with Gasteiger partial charge in [0.05, 0.1) is 6.10 Å². The SMILES string of the molecule is CCCCC(CC(C)C)Oc1ccc(CI)cc1. The maximum absolute atomic E-state index is 6.12. The van der Waals surface area contributed by atoms with Crippen LogP contribution in [0.5, 0.6) is 5.75 Å². The molecular weight excluding hydrogens is 335 g/mol. The van der Waals surface area contributed by atoms with Crippen molar-refractivity contribution in [3.8, 4) is 5.75 Å². The summed E-state index contributed by atoms with van der Waals surface area (Å²) in [4.78, 5) is 0. The molecule has 1 unspecified atom stereocenters. The van der Waals surface area contributed by atoms with Crippen molar-refractivity contribution in [3.63, 3.8) is 0 Å². The minimum absolute atomic E-state index is 0.371. The number of ether oxygens (including phenoxy) is 1. The van der Waals surface area contributed by atoms with Gasteiger partial charge in [0.2, 0.25) is 0 Å². The summed E-state index contributed by atoms with van der Waals surface area (Å²) in [6.07, 6.45) is 5.18. The van der Waals surface area contributed by atoms with Crippen LogP contribution in [0.2, 0.25) is 0 Å². The van der Waals surface area contributed by atoms with Crippen LogP contribution in [0.4, 0.5) is 0 Å². The first-order valence-electron chi connectivity index (χ1n) is 6.97. The Morgan fingerprint density at radius 3 is 2.33 bits per heavy atom. The Hall–Kier alpha value is -0.250. The number of rotatable bonds is 8. The second-order valence-corrected chi connectivity index (χ2v) is 6.05. The third-order valence-corrected chi connectivity index (χ3v) is 3.88. The third-order valence-electron chi connectivity index (χ3n) is 2.99. The highest BCUT2D eigenvalue weighted by atomic mass is 127. The molecule has 0 N–H and O–H groups in total. The summed E-state index contributed by atoms with van der Waals surface area (Å²) in [5, 5.41) is 0. The first-order valence-corrected chi connectivity index (χ1v) is 8.49. The molecule has 1 nitrogen and oxygen atoms in total. The Morgan fingerprint density at radius 2 is 1.83 bits per heavy atom. The Morgan fingerprint density at radius 1 is 1.17 bits per heavy atom. The molecule has 2 heteroatoms. The van der Waals surface area contributed by atoms with Gasteiger partial charge in [0, 0.05) is 4.43 Å². The molecule has 0 spiro atoms. The predicted octanol–water partition coefficient (Wildman–Crippen LogP) is 5.61. The van der Waals surface area contributed by atoms with E-state index in [0.29, 0.717) is 12.0 Å². The number of halogens is 1. The highest BCUT2D eigenvalue weighted by molar-refractivity contribution is 14.1. The van der Waals surface area contributed by atoms with Gasteiger partial charge in [0.15, 0.2) is 0 Å². The fourth-order valence-electron chi connectivity index (χ4n) is 2.03. The molecule has 0 amide bonds. The van der Waals surface area contributed by atoms with Crippen LogP contribution in [0.15, 0.2) is 24.3 Å². The summed E-state index contributed by atoms with van der Waals surface area (Å²) in [6.45, 7) is 6.77. The van der Waals surface area contributed by atoms with Crippen molar-refractivity contribution in [3.05, 3.63) is 29.8 Å². The van der Waals surface area contributed by atoms with Crippen molar-refractivity contribution in [2.24, 2.45) is 5.92 Å². The standard InChI is InChI=1S/C16H25IO/c1-4-5-6-16(11-13(2)3)18-15-9-7-14(12-17)8-10-15/h7-10,13,16H,4-6,11-12H2,1-3H3. The molecule has 0 bridgehead atoms. The van der Waals surface area contributed by atoms with Gasteiger partial charge in [-0.2, -0.15) is 0 Å². The molecule has 18 heavy (non-hydrogen) atoms. The van der Waals surface area contributed by atoms with E-state index in [4.69, 9.17) is 4.74 Å². The Bertz CT molecular complexity index is 318. The Balaban J connectivity index is 2.56. The zero-order valence-corrected chi connectivity index (χ0v) is 13.9. The molecule has 0 heterocycles. The fourth-order valence-corrected chi connectivity index (χ4v) is 2.54. The first kappa shape index (κ1) is 15.8. The van der Waals surface area contributed by atoms with Crippen molar-refractivity contribution < 1.29 is 4.74 Å². The van der Waals surface area contributed by atoms with E-state index >= 15 is 0 Å². The molecule has 1 rings (SSSR count). The van der Waals surface area contributed by atoms with Gasteiger partial charge in [-0.05, 0) is 36.5 Å². The van der Waals surface area contributed by atoms with E-state index in [1.54, 1.807) is 0 Å². The molecule has 0 aliphatic heterocycles. The zero-order chi connectivity index (χ0) is 13.4. The van der Waals surface area contributed by atoms with Gasteiger partial charge in [0.1, 0.15) is 5.75 Å². The maximum Gasteiger partial charge on any atom is 0.119 e. The quantitative estimate of drug-likeness (QED) is 0.433. The van der Waals surface area contributed by atoms with Crippen molar-refractivity contribution in [2.45, 2.75) is 57.0 Å². The molecule has 0 aliphatic carbocycles. The summed E-state index contributed by atoms with van der Waals surface area (Å²) in [6, 6.07) is 8.53. The van der Waals surface area contributed by atoms with E-state index in [9.17, 15) is 0 Å². The monoisotopic (exact) mass is 360 g/mol. The van der Waals surface area contributed by atoms with E-state index in [0.717, 1.165) is 16.6 Å². The molecular formula is C16H25IO. The molecule has 0 saturated carbocycles. The van der Waals surface area contributed by atoms with Crippen LogP contribution in [0.25, 0.3) is 0 Å². The Kier molecular flexibility index (Phi) is 7.71. The second kappa shape index (κ2) is 8.78. The van der Waals surface area contributed by atoms with Crippen molar-refractivity contribution in [1.29, 1.82) is 0 Å². The second-order valence-electron chi connectivity index (χ2n) is 5.29.